The Kier molecular flexibility index (Phi) is 15.2. The number of hydrogen-bond donors (Lipinski definition) is 6. The number of carbonyl (C=O) groups is 1. The van der Waals surface area contributed by atoms with Gasteiger partial charge in [-0.15, -0.1) is 0 Å². The van der Waals surface area contributed by atoms with E-state index < -0.39 is 0 Å². The summed E-state index contributed by atoms with van der Waals surface area (Å²) in [7, 11) is 0. The predicted molar refractivity (Wildman–Crippen MR) is 214 cm³/mol. The van der Waals surface area contributed by atoms with Gasteiger partial charge < -0.3 is 41.2 Å². The molecule has 0 saturated heterocycles. The van der Waals surface area contributed by atoms with Crippen molar-refractivity contribution in [1.82, 2.24) is 16.0 Å². The van der Waals surface area contributed by atoms with Gasteiger partial charge in [-0.1, -0.05) is 49.0 Å². The average molecular weight is 734 g/mol. The number of aliphatic imine (C=N–C) groups is 2. The number of nitrogens with one attached hydrogen (secondary N) is 5. The number of aromatic hydroxyl groups is 1. The van der Waals surface area contributed by atoms with Crippen LogP contribution in [0, 0.1) is 5.82 Å². The quantitative estimate of drug-likeness (QED) is 0.0277. The molecule has 1 aliphatic rings. The Bertz CT molecular complexity index is 1890. The number of guanidine groups is 1. The first-order chi connectivity index (χ1) is 26.3. The Hall–Kier alpha value is -5.98. The normalized spacial score (nSPS) is 12.7. The van der Waals surface area contributed by atoms with Gasteiger partial charge in [0.15, 0.2) is 0 Å². The molecule has 1 amide bonds. The molecule has 0 bridgehead atoms. The van der Waals surface area contributed by atoms with E-state index in [-0.39, 0.29) is 17.5 Å². The molecule has 1 aliphatic carbocycles. The van der Waals surface area contributed by atoms with Gasteiger partial charge in [0.2, 0.25) is 5.96 Å². The fraction of sp³-hybridized carbons (Fsp3) is 0.262. The Morgan fingerprint density at radius 2 is 1.46 bits per heavy atom. The van der Waals surface area contributed by atoms with E-state index in [1.807, 2.05) is 30.3 Å². The minimum absolute atomic E-state index is 0.130. The van der Waals surface area contributed by atoms with Gasteiger partial charge in [0, 0.05) is 35.7 Å². The smallest absolute Gasteiger partial charge is 0.251 e. The number of amidine groups is 1. The summed E-state index contributed by atoms with van der Waals surface area (Å²) in [6.45, 7) is 8.95. The fourth-order valence-corrected chi connectivity index (χ4v) is 5.38. The number of hydrogen-bond acceptors (Lipinski definition) is 7. The van der Waals surface area contributed by atoms with Gasteiger partial charge in [0.25, 0.3) is 5.91 Å². The zero-order chi connectivity index (χ0) is 38.0. The van der Waals surface area contributed by atoms with Crippen molar-refractivity contribution in [2.24, 2.45) is 9.98 Å². The van der Waals surface area contributed by atoms with Gasteiger partial charge in [0.05, 0.1) is 33.0 Å². The molecule has 0 unspecified atom stereocenters. The molecule has 4 aromatic carbocycles. The SMILES string of the molecule is C=C(NC(=NC(C)=NCCOCCOCCNC(=O)c1ccccc1)Nc1ccc(O)cc1)Nc1ccc(C(NCc2ccc(F)cc2)=C2CCC2)cc1. The molecule has 1 saturated carbocycles. The van der Waals surface area contributed by atoms with Crippen molar-refractivity contribution >= 4 is 34.8 Å². The van der Waals surface area contributed by atoms with Crippen LogP contribution >= 0.6 is 0 Å². The Morgan fingerprint density at radius 3 is 2.15 bits per heavy atom. The number of phenols is 1. The van der Waals surface area contributed by atoms with Crippen LogP contribution in [0.4, 0.5) is 15.8 Å². The molecule has 0 heterocycles. The van der Waals surface area contributed by atoms with E-state index in [1.165, 1.54) is 24.1 Å². The number of halogens is 1. The number of nitrogens with zero attached hydrogens (tertiary/aromatic N) is 2. The first kappa shape index (κ1) is 39.2. The van der Waals surface area contributed by atoms with E-state index in [2.05, 4.69) is 55.3 Å². The van der Waals surface area contributed by atoms with E-state index in [0.29, 0.717) is 74.9 Å². The van der Waals surface area contributed by atoms with Crippen LogP contribution in [-0.4, -0.2) is 62.3 Å². The molecular weight excluding hydrogens is 686 g/mol. The number of allylic oxidation sites excluding steroid dienone is 1. The molecule has 54 heavy (non-hydrogen) atoms. The third-order valence-electron chi connectivity index (χ3n) is 8.35. The molecule has 0 atom stereocenters. The van der Waals surface area contributed by atoms with Gasteiger partial charge in [-0.05, 0) is 104 Å². The summed E-state index contributed by atoms with van der Waals surface area (Å²) in [5.41, 5.74) is 6.77. The lowest BCUT2D eigenvalue weighted by molar-refractivity contribution is 0.0512. The number of ether oxygens (including phenoxy) is 2. The molecule has 11 nitrogen and oxygen atoms in total. The van der Waals surface area contributed by atoms with Gasteiger partial charge >= 0.3 is 0 Å². The summed E-state index contributed by atoms with van der Waals surface area (Å²) in [6.07, 6.45) is 3.30. The van der Waals surface area contributed by atoms with E-state index in [1.54, 1.807) is 55.5 Å². The number of carbonyl (C=O) groups excluding carboxylic acids is 1. The molecule has 282 valence electrons. The van der Waals surface area contributed by atoms with Crippen LogP contribution in [0.2, 0.25) is 0 Å². The van der Waals surface area contributed by atoms with Crippen molar-refractivity contribution in [2.45, 2.75) is 32.7 Å². The second-order valence-electron chi connectivity index (χ2n) is 12.5. The second-order valence-corrected chi connectivity index (χ2v) is 12.5. The standard InChI is InChI=1S/C42H48FN7O4/c1-30(44-23-25-53-27-28-54-26-24-45-41(52)35-7-4-3-5-8-35)48-42(50-38-19-21-39(51)22-20-38)49-31(2)47-37-17-13-34(14-18-37)40(33-9-6-10-33)46-29-32-11-15-36(43)16-12-32/h3-5,7-8,11-22,46-47,51H,2,6,9-10,23-29H2,1H3,(H,45,52)(H2,44,48,49,50). The zero-order valence-corrected chi connectivity index (χ0v) is 30.5. The summed E-state index contributed by atoms with van der Waals surface area (Å²) in [4.78, 5) is 21.2. The van der Waals surface area contributed by atoms with Crippen LogP contribution in [0.3, 0.4) is 0 Å². The predicted octanol–water partition coefficient (Wildman–Crippen LogP) is 7.04. The molecule has 4 aromatic rings. The highest BCUT2D eigenvalue weighted by Crippen LogP contribution is 2.33. The second kappa shape index (κ2) is 20.9. The molecule has 0 spiro atoms. The van der Waals surface area contributed by atoms with Gasteiger partial charge in [-0.25, -0.2) is 9.38 Å². The van der Waals surface area contributed by atoms with Gasteiger partial charge in [0.1, 0.15) is 23.2 Å². The number of phenolic OH excluding ortho intramolecular Hbond substituents is 1. The third kappa shape index (κ3) is 13.2. The zero-order valence-electron chi connectivity index (χ0n) is 30.5. The summed E-state index contributed by atoms with van der Waals surface area (Å²) in [5, 5.41) is 25.9. The van der Waals surface area contributed by atoms with Gasteiger partial charge in [-0.3, -0.25) is 9.79 Å². The summed E-state index contributed by atoms with van der Waals surface area (Å²) in [6, 6.07) is 30.4. The summed E-state index contributed by atoms with van der Waals surface area (Å²) in [5.74, 6) is 1.16. The third-order valence-corrected chi connectivity index (χ3v) is 8.35. The molecule has 6 N–H and O–H groups in total. The lowest BCUT2D eigenvalue weighted by atomic mass is 9.88. The van der Waals surface area contributed by atoms with E-state index in [9.17, 15) is 14.3 Å². The number of amides is 1. The molecular formula is C42H48FN7O4. The van der Waals surface area contributed by atoms with Crippen molar-refractivity contribution in [3.05, 3.63) is 144 Å². The van der Waals surface area contributed by atoms with Crippen LogP contribution in [0.25, 0.3) is 5.70 Å². The van der Waals surface area contributed by atoms with Crippen molar-refractivity contribution in [2.75, 3.05) is 50.2 Å². The Labute approximate surface area is 316 Å². The maximum absolute atomic E-state index is 13.4. The molecule has 5 rings (SSSR count). The minimum Gasteiger partial charge on any atom is -0.508 e. The fourth-order valence-electron chi connectivity index (χ4n) is 5.38. The maximum atomic E-state index is 13.4. The molecule has 12 heteroatoms. The topological polar surface area (TPSA) is 141 Å². The Balaban J connectivity index is 1.09. The lowest BCUT2D eigenvalue weighted by Gasteiger charge is -2.24. The van der Waals surface area contributed by atoms with Crippen LogP contribution in [0.15, 0.2) is 131 Å². The largest absolute Gasteiger partial charge is 0.508 e. The molecule has 0 aliphatic heterocycles. The minimum atomic E-state index is -0.242. The van der Waals surface area contributed by atoms with E-state index in [0.717, 1.165) is 35.4 Å². The van der Waals surface area contributed by atoms with E-state index >= 15 is 0 Å². The monoisotopic (exact) mass is 733 g/mol. The van der Waals surface area contributed by atoms with E-state index in [4.69, 9.17) is 9.47 Å². The molecule has 0 aromatic heterocycles. The highest BCUT2D eigenvalue weighted by atomic mass is 19.1. The van der Waals surface area contributed by atoms with Crippen LogP contribution < -0.4 is 26.6 Å². The highest BCUT2D eigenvalue weighted by molar-refractivity contribution is 6.02. The molecule has 1 fully saturated rings. The van der Waals surface area contributed by atoms with Crippen molar-refractivity contribution in [1.29, 1.82) is 0 Å². The molecule has 0 radical (unpaired) electrons. The first-order valence-corrected chi connectivity index (χ1v) is 18.0. The van der Waals surface area contributed by atoms with Crippen LogP contribution in [0.5, 0.6) is 5.75 Å². The number of anilines is 2. The summed E-state index contributed by atoms with van der Waals surface area (Å²) < 4.78 is 24.6. The van der Waals surface area contributed by atoms with Crippen molar-refractivity contribution in [3.63, 3.8) is 0 Å². The van der Waals surface area contributed by atoms with Gasteiger partial charge in [-0.2, -0.15) is 0 Å². The highest BCUT2D eigenvalue weighted by Gasteiger charge is 2.16. The first-order valence-electron chi connectivity index (χ1n) is 18.0. The summed E-state index contributed by atoms with van der Waals surface area (Å²) >= 11 is 0. The Morgan fingerprint density at radius 1 is 0.796 bits per heavy atom. The maximum Gasteiger partial charge on any atom is 0.251 e. The lowest BCUT2D eigenvalue weighted by Crippen LogP contribution is -2.33. The average Bonchev–Trinajstić information content (AvgIpc) is 3.15. The number of rotatable bonds is 18. The van der Waals surface area contributed by atoms with Crippen molar-refractivity contribution in [3.8, 4) is 5.75 Å². The van der Waals surface area contributed by atoms with Crippen LogP contribution in [-0.2, 0) is 16.0 Å². The number of benzene rings is 4. The van der Waals surface area contributed by atoms with Crippen LogP contribution in [0.1, 0.15) is 47.7 Å². The van der Waals surface area contributed by atoms with Crippen molar-refractivity contribution < 1.29 is 23.8 Å².